The fourth-order valence-corrected chi connectivity index (χ4v) is 2.03. The smallest absolute Gasteiger partial charge is 0.309 e. The van der Waals surface area contributed by atoms with Crippen LogP contribution in [0.1, 0.15) is 46.7 Å². The largest absolute Gasteiger partial charge is 0.501 e. The van der Waals surface area contributed by atoms with Crippen molar-refractivity contribution in [2.24, 2.45) is 7.05 Å². The molecule has 2 rings (SSSR count). The number of nitrogens with one attached hydrogen (secondary N) is 1. The van der Waals surface area contributed by atoms with E-state index in [1.165, 1.54) is 14.0 Å². The van der Waals surface area contributed by atoms with Crippen molar-refractivity contribution in [2.45, 2.75) is 26.3 Å². The van der Waals surface area contributed by atoms with Crippen LogP contribution in [-0.2, 0) is 12.6 Å². The van der Waals surface area contributed by atoms with E-state index in [1.54, 1.807) is 13.8 Å². The molecule has 0 spiro atoms. The van der Waals surface area contributed by atoms with Crippen LogP contribution < -0.4 is 10.9 Å². The lowest BCUT2D eigenvalue weighted by Gasteiger charge is -2.26. The lowest BCUT2D eigenvalue weighted by molar-refractivity contribution is 0.0869. The minimum Gasteiger partial charge on any atom is -0.501 e. The van der Waals surface area contributed by atoms with Crippen LogP contribution in [0.2, 0.25) is 0 Å². The fourth-order valence-electron chi connectivity index (χ4n) is 2.03. The summed E-state index contributed by atoms with van der Waals surface area (Å²) in [7, 11) is 1.36. The number of carbonyl (C=O) groups excluding carboxylic acids is 2. The molecule has 0 radical (unpaired) electrons. The minimum atomic E-state index is -1.15. The normalized spacial score (nSPS) is 11.3. The molecular formula is C13H15N5O5. The molecule has 0 saturated heterocycles. The Morgan fingerprint density at radius 2 is 2.04 bits per heavy atom. The zero-order valence-electron chi connectivity index (χ0n) is 12.9. The lowest BCUT2D eigenvalue weighted by Crippen LogP contribution is -2.45. The van der Waals surface area contributed by atoms with Gasteiger partial charge >= 0.3 is 11.8 Å². The summed E-state index contributed by atoms with van der Waals surface area (Å²) < 4.78 is 6.07. The Labute approximate surface area is 130 Å². The first kappa shape index (κ1) is 16.3. The van der Waals surface area contributed by atoms with E-state index in [4.69, 9.17) is 4.42 Å². The summed E-state index contributed by atoms with van der Waals surface area (Å²) in [6.07, 6.45) is 0.263. The van der Waals surface area contributed by atoms with Gasteiger partial charge in [-0.25, -0.2) is 4.98 Å². The first-order valence-corrected chi connectivity index (χ1v) is 6.55. The van der Waals surface area contributed by atoms with Crippen molar-refractivity contribution >= 4 is 12.2 Å². The molecule has 10 heteroatoms. The average molecular weight is 321 g/mol. The Morgan fingerprint density at radius 1 is 1.39 bits per heavy atom. The third-order valence-electron chi connectivity index (χ3n) is 3.11. The summed E-state index contributed by atoms with van der Waals surface area (Å²) in [4.78, 5) is 38.9. The third kappa shape index (κ3) is 2.96. The Kier molecular flexibility index (Phi) is 4.00. The second-order valence-electron chi connectivity index (χ2n) is 5.36. The molecule has 2 N–H and O–H groups in total. The molecule has 0 bridgehead atoms. The molecule has 2 aromatic rings. The van der Waals surface area contributed by atoms with Crippen molar-refractivity contribution in [2.75, 3.05) is 0 Å². The van der Waals surface area contributed by atoms with Gasteiger partial charge in [-0.3, -0.25) is 19.0 Å². The lowest BCUT2D eigenvalue weighted by atomic mass is 10.0. The van der Waals surface area contributed by atoms with Crippen LogP contribution in [0.25, 0.3) is 0 Å². The minimum absolute atomic E-state index is 0.0759. The average Bonchev–Trinajstić information content (AvgIpc) is 2.91. The van der Waals surface area contributed by atoms with Crippen molar-refractivity contribution in [3.63, 3.8) is 0 Å². The maximum atomic E-state index is 12.1. The van der Waals surface area contributed by atoms with Crippen LogP contribution in [-0.4, -0.2) is 37.0 Å². The first-order valence-electron chi connectivity index (χ1n) is 6.55. The number of aldehydes is 1. The van der Waals surface area contributed by atoms with E-state index in [0.29, 0.717) is 0 Å². The van der Waals surface area contributed by atoms with Crippen molar-refractivity contribution in [3.05, 3.63) is 33.7 Å². The van der Waals surface area contributed by atoms with Gasteiger partial charge in [0.25, 0.3) is 5.56 Å². The number of aromatic nitrogens is 4. The molecular weight excluding hydrogens is 306 g/mol. The molecule has 0 aliphatic rings. The standard InChI is InChI=1S/C13H15N5O5/c1-6-16-17-10(23-6)9(21)15-13(2,3)12-14-7(5-19)8(20)11(22)18(12)4/h5,20H,1-4H3,(H,15,21). The zero-order valence-corrected chi connectivity index (χ0v) is 12.9. The van der Waals surface area contributed by atoms with Crippen LogP contribution in [0.3, 0.4) is 0 Å². The number of rotatable bonds is 4. The molecule has 0 aliphatic carbocycles. The molecule has 0 aliphatic heterocycles. The Balaban J connectivity index is 2.43. The fraction of sp³-hybridized carbons (Fsp3) is 0.385. The van der Waals surface area contributed by atoms with Crippen LogP contribution in [0.15, 0.2) is 9.21 Å². The highest BCUT2D eigenvalue weighted by Crippen LogP contribution is 2.19. The monoisotopic (exact) mass is 321 g/mol. The molecule has 122 valence electrons. The molecule has 0 aromatic carbocycles. The molecule has 0 fully saturated rings. The van der Waals surface area contributed by atoms with Gasteiger partial charge in [0.2, 0.25) is 11.6 Å². The summed E-state index contributed by atoms with van der Waals surface area (Å²) in [5, 5.41) is 19.3. The number of hydrogen-bond donors (Lipinski definition) is 2. The summed E-state index contributed by atoms with van der Waals surface area (Å²) in [5.41, 5.74) is -2.36. The van der Waals surface area contributed by atoms with Gasteiger partial charge < -0.3 is 14.8 Å². The highest BCUT2D eigenvalue weighted by atomic mass is 16.4. The van der Waals surface area contributed by atoms with E-state index in [0.717, 1.165) is 4.57 Å². The van der Waals surface area contributed by atoms with Gasteiger partial charge in [-0.1, -0.05) is 0 Å². The van der Waals surface area contributed by atoms with Gasteiger partial charge in [-0.15, -0.1) is 10.2 Å². The Bertz CT molecular complexity index is 836. The molecule has 0 saturated carbocycles. The maximum Gasteiger partial charge on any atom is 0.309 e. The number of amides is 1. The van der Waals surface area contributed by atoms with Gasteiger partial charge in [-0.2, -0.15) is 0 Å². The summed E-state index contributed by atoms with van der Waals surface area (Å²) in [6.45, 7) is 4.68. The van der Waals surface area contributed by atoms with Gasteiger partial charge in [0.05, 0.1) is 5.54 Å². The predicted molar refractivity (Wildman–Crippen MR) is 76.1 cm³/mol. The number of carbonyl (C=O) groups is 2. The SMILES string of the molecule is Cc1nnc(C(=O)NC(C)(C)c2nc(C=O)c(O)c(=O)n2C)o1. The highest BCUT2D eigenvalue weighted by molar-refractivity contribution is 5.90. The number of hydrogen-bond acceptors (Lipinski definition) is 8. The van der Waals surface area contributed by atoms with Gasteiger partial charge in [0, 0.05) is 14.0 Å². The third-order valence-corrected chi connectivity index (χ3v) is 3.11. The topological polar surface area (TPSA) is 140 Å². The van der Waals surface area contributed by atoms with E-state index in [-0.39, 0.29) is 23.9 Å². The van der Waals surface area contributed by atoms with Crippen LogP contribution in [0.5, 0.6) is 5.75 Å². The van der Waals surface area contributed by atoms with Crippen molar-refractivity contribution in [1.29, 1.82) is 0 Å². The van der Waals surface area contributed by atoms with E-state index in [1.807, 2.05) is 0 Å². The Hall–Kier alpha value is -3.04. The first-order chi connectivity index (χ1) is 10.7. The van der Waals surface area contributed by atoms with Crippen molar-refractivity contribution in [1.82, 2.24) is 25.1 Å². The van der Waals surface area contributed by atoms with Gasteiger partial charge in [-0.05, 0) is 13.8 Å². The number of aromatic hydroxyl groups is 1. The molecule has 2 aromatic heterocycles. The molecule has 10 nitrogen and oxygen atoms in total. The molecule has 2 heterocycles. The molecule has 23 heavy (non-hydrogen) atoms. The summed E-state index contributed by atoms with van der Waals surface area (Å²) in [6, 6.07) is 0. The molecule has 0 unspecified atom stereocenters. The van der Waals surface area contributed by atoms with E-state index in [2.05, 4.69) is 20.5 Å². The van der Waals surface area contributed by atoms with Crippen LogP contribution in [0, 0.1) is 6.92 Å². The quantitative estimate of drug-likeness (QED) is 0.728. The highest BCUT2D eigenvalue weighted by Gasteiger charge is 2.31. The number of nitrogens with zero attached hydrogens (tertiary/aromatic N) is 4. The molecule has 0 atom stereocenters. The van der Waals surface area contributed by atoms with Crippen LogP contribution >= 0.6 is 0 Å². The van der Waals surface area contributed by atoms with E-state index < -0.39 is 28.4 Å². The second kappa shape index (κ2) is 5.63. The van der Waals surface area contributed by atoms with Crippen molar-refractivity contribution in [3.8, 4) is 5.75 Å². The summed E-state index contributed by atoms with van der Waals surface area (Å²) in [5.74, 6) is -1.35. The second-order valence-corrected chi connectivity index (χ2v) is 5.36. The van der Waals surface area contributed by atoms with Crippen LogP contribution in [0.4, 0.5) is 0 Å². The van der Waals surface area contributed by atoms with Gasteiger partial charge in [0.15, 0.2) is 12.0 Å². The zero-order chi connectivity index (χ0) is 17.4. The van der Waals surface area contributed by atoms with E-state index in [9.17, 15) is 19.5 Å². The maximum absolute atomic E-state index is 12.1. The van der Waals surface area contributed by atoms with E-state index >= 15 is 0 Å². The Morgan fingerprint density at radius 3 is 2.57 bits per heavy atom. The summed E-state index contributed by atoms with van der Waals surface area (Å²) >= 11 is 0. The molecule has 1 amide bonds. The van der Waals surface area contributed by atoms with Crippen molar-refractivity contribution < 1.29 is 19.1 Å². The predicted octanol–water partition coefficient (Wildman–Crippen LogP) is -0.345. The number of aryl methyl sites for hydroxylation is 1. The van der Waals surface area contributed by atoms with Gasteiger partial charge in [0.1, 0.15) is 5.82 Å².